The summed E-state index contributed by atoms with van der Waals surface area (Å²) in [4.78, 5) is 32.1. The Hall–Kier alpha value is -2.50. The number of carbonyl (C=O) groups is 2. The second-order valence-corrected chi connectivity index (χ2v) is 7.00. The zero-order valence-corrected chi connectivity index (χ0v) is 15.5. The van der Waals surface area contributed by atoms with Gasteiger partial charge in [-0.15, -0.1) is 0 Å². The van der Waals surface area contributed by atoms with Crippen LogP contribution in [0, 0.1) is 5.92 Å². The lowest BCUT2D eigenvalue weighted by Gasteiger charge is -2.57. The highest BCUT2D eigenvalue weighted by Gasteiger charge is 2.52. The molecule has 4 atom stereocenters. The largest absolute Gasteiger partial charge is 0.324 e. The summed E-state index contributed by atoms with van der Waals surface area (Å²) in [7, 11) is 7.21. The van der Waals surface area contributed by atoms with Gasteiger partial charge in [-0.1, -0.05) is 42.5 Å². The fourth-order valence-corrected chi connectivity index (χ4v) is 4.06. The summed E-state index contributed by atoms with van der Waals surface area (Å²) < 4.78 is 0. The first-order chi connectivity index (χ1) is 11.8. The minimum Gasteiger partial charge on any atom is -0.324 e. The Morgan fingerprint density at radius 1 is 0.840 bits per heavy atom. The first-order valence-corrected chi connectivity index (χ1v) is 8.57. The van der Waals surface area contributed by atoms with E-state index >= 15 is 0 Å². The molecular formula is C19H26N4O2. The topological polar surface area (TPSA) is 47.1 Å². The molecular weight excluding hydrogens is 316 g/mol. The Labute approximate surface area is 149 Å². The summed E-state index contributed by atoms with van der Waals surface area (Å²) >= 11 is 0. The van der Waals surface area contributed by atoms with E-state index in [2.05, 4.69) is 19.1 Å². The van der Waals surface area contributed by atoms with Crippen LogP contribution in [0.25, 0.3) is 6.08 Å². The molecule has 6 heteroatoms. The summed E-state index contributed by atoms with van der Waals surface area (Å²) in [6.07, 6.45) is 3.90. The van der Waals surface area contributed by atoms with Crippen LogP contribution in [0.2, 0.25) is 0 Å². The van der Waals surface area contributed by atoms with Crippen molar-refractivity contribution in [1.82, 2.24) is 19.6 Å². The zero-order chi connectivity index (χ0) is 18.3. The van der Waals surface area contributed by atoms with Gasteiger partial charge in [-0.2, -0.15) is 0 Å². The summed E-state index contributed by atoms with van der Waals surface area (Å²) in [6.45, 7) is 2.06. The Kier molecular flexibility index (Phi) is 4.45. The maximum absolute atomic E-state index is 12.7. The van der Waals surface area contributed by atoms with Gasteiger partial charge in [-0.05, 0) is 12.5 Å². The standard InChI is InChI=1S/C19H26N4O2/c1-13-16-15(12-11-14-9-7-6-8-10-14)21(3)19(25)23(5)17(16)22(4)18(24)20(13)2/h6-13,15-17H,1-5H3/b12-11+/t13-,15-,16-,17+/m1/s1. The Bertz CT molecular complexity index is 686. The van der Waals surface area contributed by atoms with Gasteiger partial charge < -0.3 is 19.6 Å². The molecule has 0 saturated carbocycles. The van der Waals surface area contributed by atoms with Gasteiger partial charge in [0.15, 0.2) is 0 Å². The highest BCUT2D eigenvalue weighted by molar-refractivity contribution is 5.80. The monoisotopic (exact) mass is 342 g/mol. The number of urea groups is 2. The number of benzene rings is 1. The van der Waals surface area contributed by atoms with Crippen LogP contribution in [0.5, 0.6) is 0 Å². The van der Waals surface area contributed by atoms with Crippen LogP contribution in [0.1, 0.15) is 12.5 Å². The molecule has 1 aromatic carbocycles. The Balaban J connectivity index is 1.99. The smallest absolute Gasteiger partial charge is 0.321 e. The molecule has 134 valence electrons. The molecule has 6 nitrogen and oxygen atoms in total. The third-order valence-corrected chi connectivity index (χ3v) is 5.64. The summed E-state index contributed by atoms with van der Waals surface area (Å²) in [5.74, 6) is 0.0976. The molecule has 0 aliphatic carbocycles. The molecule has 2 heterocycles. The molecule has 0 unspecified atom stereocenters. The van der Waals surface area contributed by atoms with E-state index in [-0.39, 0.29) is 36.2 Å². The molecule has 4 amide bonds. The van der Waals surface area contributed by atoms with Crippen molar-refractivity contribution in [1.29, 1.82) is 0 Å². The lowest BCUT2D eigenvalue weighted by atomic mass is 9.82. The van der Waals surface area contributed by atoms with E-state index < -0.39 is 0 Å². The summed E-state index contributed by atoms with van der Waals surface area (Å²) in [5, 5.41) is 0. The third-order valence-electron chi connectivity index (χ3n) is 5.64. The molecule has 0 spiro atoms. The first-order valence-electron chi connectivity index (χ1n) is 8.57. The second-order valence-electron chi connectivity index (χ2n) is 7.00. The predicted molar refractivity (Wildman–Crippen MR) is 97.8 cm³/mol. The van der Waals surface area contributed by atoms with Crippen molar-refractivity contribution in [2.75, 3.05) is 28.2 Å². The number of hydrogen-bond acceptors (Lipinski definition) is 2. The molecule has 0 N–H and O–H groups in total. The van der Waals surface area contributed by atoms with Crippen molar-refractivity contribution in [2.45, 2.75) is 25.2 Å². The second kappa shape index (κ2) is 6.43. The minimum atomic E-state index is -0.243. The number of likely N-dealkylation sites (N-methyl/N-ethyl adjacent to an activating group) is 1. The van der Waals surface area contributed by atoms with E-state index in [1.165, 1.54) is 0 Å². The fourth-order valence-electron chi connectivity index (χ4n) is 4.06. The van der Waals surface area contributed by atoms with E-state index in [9.17, 15) is 9.59 Å². The van der Waals surface area contributed by atoms with E-state index in [4.69, 9.17) is 0 Å². The van der Waals surface area contributed by atoms with Crippen molar-refractivity contribution in [3.8, 4) is 0 Å². The zero-order valence-electron chi connectivity index (χ0n) is 15.5. The highest BCUT2D eigenvalue weighted by atomic mass is 16.2. The molecule has 1 aromatic rings. The van der Waals surface area contributed by atoms with E-state index in [0.717, 1.165) is 5.56 Å². The first kappa shape index (κ1) is 17.3. The van der Waals surface area contributed by atoms with E-state index in [0.29, 0.717) is 0 Å². The van der Waals surface area contributed by atoms with Crippen LogP contribution in [0.3, 0.4) is 0 Å². The number of nitrogens with zero attached hydrogens (tertiary/aromatic N) is 4. The van der Waals surface area contributed by atoms with Crippen LogP contribution in [0.15, 0.2) is 36.4 Å². The Morgan fingerprint density at radius 2 is 1.40 bits per heavy atom. The fraction of sp³-hybridized carbons (Fsp3) is 0.474. The van der Waals surface area contributed by atoms with Gasteiger partial charge in [0.1, 0.15) is 6.17 Å². The van der Waals surface area contributed by atoms with Gasteiger partial charge in [-0.25, -0.2) is 9.59 Å². The van der Waals surface area contributed by atoms with Crippen molar-refractivity contribution in [3.05, 3.63) is 42.0 Å². The van der Waals surface area contributed by atoms with Crippen molar-refractivity contribution in [3.63, 3.8) is 0 Å². The van der Waals surface area contributed by atoms with Crippen molar-refractivity contribution < 1.29 is 9.59 Å². The quantitative estimate of drug-likeness (QED) is 0.828. The lowest BCUT2D eigenvalue weighted by Crippen LogP contribution is -2.73. The Morgan fingerprint density at radius 3 is 2.00 bits per heavy atom. The van der Waals surface area contributed by atoms with Crippen LogP contribution < -0.4 is 0 Å². The average molecular weight is 342 g/mol. The molecule has 2 aliphatic heterocycles. The maximum atomic E-state index is 12.7. The molecule has 0 bridgehead atoms. The maximum Gasteiger partial charge on any atom is 0.321 e. The van der Waals surface area contributed by atoms with Gasteiger partial charge >= 0.3 is 12.1 Å². The number of carbonyl (C=O) groups excluding carboxylic acids is 2. The average Bonchev–Trinajstić information content (AvgIpc) is 2.62. The van der Waals surface area contributed by atoms with Gasteiger partial charge in [0, 0.05) is 40.2 Å². The molecule has 2 aliphatic rings. The number of hydrogen-bond donors (Lipinski definition) is 0. The number of fused-ring (bicyclic) bond motifs is 1. The number of amides is 4. The lowest BCUT2D eigenvalue weighted by molar-refractivity contribution is -0.0534. The highest BCUT2D eigenvalue weighted by Crippen LogP contribution is 2.36. The summed E-state index contributed by atoms with van der Waals surface area (Å²) in [5.41, 5.74) is 1.10. The summed E-state index contributed by atoms with van der Waals surface area (Å²) in [6, 6.07) is 9.87. The third kappa shape index (κ3) is 2.75. The van der Waals surface area contributed by atoms with Crippen LogP contribution in [0.4, 0.5) is 9.59 Å². The van der Waals surface area contributed by atoms with Gasteiger partial charge in [0.05, 0.1) is 6.04 Å². The van der Waals surface area contributed by atoms with E-state index in [1.54, 1.807) is 33.7 Å². The molecule has 25 heavy (non-hydrogen) atoms. The molecule has 2 fully saturated rings. The SMILES string of the molecule is C[C@@H]1[C@H]2[C@@H](N(C)C(=O)N1C)N(C)C(=O)N(C)[C@@H]2/C=C/c1ccccc1. The number of rotatable bonds is 2. The van der Waals surface area contributed by atoms with Crippen molar-refractivity contribution in [2.24, 2.45) is 5.92 Å². The van der Waals surface area contributed by atoms with Gasteiger partial charge in [-0.3, -0.25) is 0 Å². The molecule has 0 aromatic heterocycles. The van der Waals surface area contributed by atoms with Crippen LogP contribution in [-0.2, 0) is 0 Å². The van der Waals surface area contributed by atoms with E-state index in [1.807, 2.05) is 44.4 Å². The normalized spacial score (nSPS) is 30.3. The molecule has 0 radical (unpaired) electrons. The van der Waals surface area contributed by atoms with Crippen LogP contribution >= 0.6 is 0 Å². The minimum absolute atomic E-state index is 0.0251. The van der Waals surface area contributed by atoms with Gasteiger partial charge in [0.25, 0.3) is 0 Å². The van der Waals surface area contributed by atoms with Gasteiger partial charge in [0.2, 0.25) is 0 Å². The molecule has 2 saturated heterocycles. The van der Waals surface area contributed by atoms with Crippen LogP contribution in [-0.4, -0.2) is 78.1 Å². The van der Waals surface area contributed by atoms with Crippen molar-refractivity contribution >= 4 is 18.1 Å². The molecule has 3 rings (SSSR count). The predicted octanol–water partition coefficient (Wildman–Crippen LogP) is 2.39.